The summed E-state index contributed by atoms with van der Waals surface area (Å²) in [4.78, 5) is 0. The molecule has 0 heterocycles. The lowest BCUT2D eigenvalue weighted by Gasteiger charge is -2.17. The Bertz CT molecular complexity index is 331. The minimum atomic E-state index is -3.15. The molecule has 0 saturated heterocycles. The molecule has 0 aromatic heterocycles. The van der Waals surface area contributed by atoms with Crippen molar-refractivity contribution < 1.29 is 8.42 Å². The standard InChI is InChI=1S/C11H25N3O2S/c1-11(2,3)7-9-17(15,16)14-8-5-4-6-10(12)13/h14H,4-9H2,1-3H3,(H3,12,13). The van der Waals surface area contributed by atoms with Crippen LogP contribution in [0.1, 0.15) is 46.5 Å². The quantitative estimate of drug-likeness (QED) is 0.351. The van der Waals surface area contributed by atoms with Crippen molar-refractivity contribution in [2.24, 2.45) is 11.1 Å². The van der Waals surface area contributed by atoms with E-state index in [0.717, 1.165) is 6.42 Å². The Morgan fingerprint density at radius 3 is 2.35 bits per heavy atom. The molecule has 0 aliphatic carbocycles. The molecule has 0 fully saturated rings. The van der Waals surface area contributed by atoms with E-state index in [1.165, 1.54) is 0 Å². The Hall–Kier alpha value is -0.620. The summed E-state index contributed by atoms with van der Waals surface area (Å²) in [5, 5.41) is 7.03. The highest BCUT2D eigenvalue weighted by atomic mass is 32.2. The molecule has 0 aromatic carbocycles. The fraction of sp³-hybridized carbons (Fsp3) is 0.909. The van der Waals surface area contributed by atoms with Gasteiger partial charge in [0.05, 0.1) is 11.6 Å². The predicted octanol–water partition coefficient (Wildman–Crippen LogP) is 1.45. The van der Waals surface area contributed by atoms with E-state index in [1.54, 1.807) is 0 Å². The second-order valence-corrected chi connectivity index (χ2v) is 7.43. The number of hydrogen-bond acceptors (Lipinski definition) is 3. The van der Waals surface area contributed by atoms with Gasteiger partial charge in [-0.15, -0.1) is 0 Å². The summed E-state index contributed by atoms with van der Waals surface area (Å²) >= 11 is 0. The number of amidine groups is 1. The third-order valence-electron chi connectivity index (χ3n) is 2.32. The summed E-state index contributed by atoms with van der Waals surface area (Å²) in [5.74, 6) is 0.323. The average molecular weight is 263 g/mol. The van der Waals surface area contributed by atoms with Crippen LogP contribution in [0, 0.1) is 10.8 Å². The molecule has 0 aromatic rings. The van der Waals surface area contributed by atoms with Crippen LogP contribution in [0.4, 0.5) is 0 Å². The second kappa shape index (κ2) is 6.96. The zero-order chi connectivity index (χ0) is 13.5. The van der Waals surface area contributed by atoms with Crippen molar-refractivity contribution in [3.05, 3.63) is 0 Å². The van der Waals surface area contributed by atoms with Crippen molar-refractivity contribution in [3.63, 3.8) is 0 Å². The van der Waals surface area contributed by atoms with Crippen molar-refractivity contribution in [2.75, 3.05) is 12.3 Å². The molecule has 5 nitrogen and oxygen atoms in total. The fourth-order valence-corrected chi connectivity index (χ4v) is 2.66. The number of rotatable bonds is 8. The van der Waals surface area contributed by atoms with Crippen LogP contribution in [0.5, 0.6) is 0 Å². The largest absolute Gasteiger partial charge is 0.388 e. The molecule has 17 heavy (non-hydrogen) atoms. The van der Waals surface area contributed by atoms with Crippen LogP contribution in [0.2, 0.25) is 0 Å². The third-order valence-corrected chi connectivity index (χ3v) is 3.70. The Labute approximate surface area is 105 Å². The molecule has 0 bridgehead atoms. The van der Waals surface area contributed by atoms with Crippen molar-refractivity contribution in [1.82, 2.24) is 4.72 Å². The van der Waals surface area contributed by atoms with Crippen LogP contribution in [0.3, 0.4) is 0 Å². The normalized spacial score (nSPS) is 12.6. The Balaban J connectivity index is 3.76. The number of unbranched alkanes of at least 4 members (excludes halogenated alkanes) is 1. The summed E-state index contributed by atoms with van der Waals surface area (Å²) in [6, 6.07) is 0. The Morgan fingerprint density at radius 1 is 1.29 bits per heavy atom. The molecule has 102 valence electrons. The van der Waals surface area contributed by atoms with E-state index in [1.807, 2.05) is 20.8 Å². The second-order valence-electron chi connectivity index (χ2n) is 5.51. The first-order chi connectivity index (χ1) is 7.62. The van der Waals surface area contributed by atoms with Gasteiger partial charge in [0.1, 0.15) is 0 Å². The zero-order valence-electron chi connectivity index (χ0n) is 11.0. The molecule has 0 aliphatic heterocycles. The van der Waals surface area contributed by atoms with E-state index in [-0.39, 0.29) is 17.0 Å². The molecular weight excluding hydrogens is 238 g/mol. The summed E-state index contributed by atoms with van der Waals surface area (Å²) < 4.78 is 25.8. The fourth-order valence-electron chi connectivity index (χ4n) is 1.18. The lowest BCUT2D eigenvalue weighted by atomic mass is 9.94. The van der Waals surface area contributed by atoms with E-state index < -0.39 is 10.0 Å². The summed E-state index contributed by atoms with van der Waals surface area (Å²) in [6.45, 7) is 6.50. The first-order valence-electron chi connectivity index (χ1n) is 5.93. The van der Waals surface area contributed by atoms with Crippen LogP contribution < -0.4 is 10.5 Å². The van der Waals surface area contributed by atoms with Crippen LogP contribution in [0.15, 0.2) is 0 Å². The Morgan fingerprint density at radius 2 is 1.88 bits per heavy atom. The molecule has 4 N–H and O–H groups in total. The van der Waals surface area contributed by atoms with E-state index in [9.17, 15) is 8.42 Å². The van der Waals surface area contributed by atoms with Crippen LogP contribution in [-0.2, 0) is 10.0 Å². The number of nitrogens with two attached hydrogens (primary N) is 1. The number of hydrogen-bond donors (Lipinski definition) is 3. The predicted molar refractivity (Wildman–Crippen MR) is 71.6 cm³/mol. The van der Waals surface area contributed by atoms with Crippen molar-refractivity contribution >= 4 is 15.9 Å². The van der Waals surface area contributed by atoms with Crippen LogP contribution in [0.25, 0.3) is 0 Å². The maximum Gasteiger partial charge on any atom is 0.211 e. The van der Waals surface area contributed by atoms with Gasteiger partial charge in [-0.1, -0.05) is 20.8 Å². The highest BCUT2D eigenvalue weighted by Crippen LogP contribution is 2.18. The van der Waals surface area contributed by atoms with Gasteiger partial charge < -0.3 is 5.73 Å². The van der Waals surface area contributed by atoms with Crippen LogP contribution >= 0.6 is 0 Å². The maximum atomic E-state index is 11.6. The van der Waals surface area contributed by atoms with E-state index >= 15 is 0 Å². The maximum absolute atomic E-state index is 11.6. The summed E-state index contributed by atoms with van der Waals surface area (Å²) in [5.41, 5.74) is 5.23. The van der Waals surface area contributed by atoms with Crippen molar-refractivity contribution in [3.8, 4) is 0 Å². The van der Waals surface area contributed by atoms with Gasteiger partial charge in [-0.3, -0.25) is 5.41 Å². The highest BCUT2D eigenvalue weighted by Gasteiger charge is 2.16. The Kier molecular flexibility index (Phi) is 6.70. The SMILES string of the molecule is CC(C)(C)CCS(=O)(=O)NCCCCC(=N)N. The first kappa shape index (κ1) is 16.4. The highest BCUT2D eigenvalue weighted by molar-refractivity contribution is 7.89. The molecule has 0 saturated carbocycles. The smallest absolute Gasteiger partial charge is 0.211 e. The molecule has 0 aliphatic rings. The number of nitrogens with one attached hydrogen (secondary N) is 2. The summed E-state index contributed by atoms with van der Waals surface area (Å²) in [7, 11) is -3.15. The van der Waals surface area contributed by atoms with Gasteiger partial charge in [0, 0.05) is 13.0 Å². The zero-order valence-corrected chi connectivity index (χ0v) is 11.9. The van der Waals surface area contributed by atoms with E-state index in [2.05, 4.69) is 4.72 Å². The van der Waals surface area contributed by atoms with E-state index in [0.29, 0.717) is 25.8 Å². The van der Waals surface area contributed by atoms with Gasteiger partial charge in [-0.25, -0.2) is 13.1 Å². The van der Waals surface area contributed by atoms with E-state index in [4.69, 9.17) is 11.1 Å². The topological polar surface area (TPSA) is 96.0 Å². The lowest BCUT2D eigenvalue weighted by molar-refractivity contribution is 0.396. The number of sulfonamides is 1. The molecule has 0 amide bonds. The minimum absolute atomic E-state index is 0.0311. The molecule has 6 heteroatoms. The molecule has 0 rings (SSSR count). The van der Waals surface area contributed by atoms with Crippen molar-refractivity contribution in [1.29, 1.82) is 5.41 Å². The van der Waals surface area contributed by atoms with Gasteiger partial charge >= 0.3 is 0 Å². The average Bonchev–Trinajstić information content (AvgIpc) is 2.13. The lowest BCUT2D eigenvalue weighted by Crippen LogP contribution is -2.29. The van der Waals surface area contributed by atoms with Gasteiger partial charge in [-0.2, -0.15) is 0 Å². The molecule has 0 radical (unpaired) electrons. The monoisotopic (exact) mass is 263 g/mol. The minimum Gasteiger partial charge on any atom is -0.388 e. The molecule has 0 unspecified atom stereocenters. The molecule has 0 atom stereocenters. The van der Waals surface area contributed by atoms with Crippen LogP contribution in [-0.4, -0.2) is 26.6 Å². The van der Waals surface area contributed by atoms with Gasteiger partial charge in [0.2, 0.25) is 10.0 Å². The third kappa shape index (κ3) is 11.6. The van der Waals surface area contributed by atoms with Gasteiger partial charge in [0.25, 0.3) is 0 Å². The summed E-state index contributed by atoms with van der Waals surface area (Å²) in [6.07, 6.45) is 2.64. The molecular formula is C11H25N3O2S. The van der Waals surface area contributed by atoms with Crippen molar-refractivity contribution in [2.45, 2.75) is 46.5 Å². The van der Waals surface area contributed by atoms with Gasteiger partial charge in [-0.05, 0) is 24.7 Å². The van der Waals surface area contributed by atoms with Gasteiger partial charge in [0.15, 0.2) is 0 Å². The first-order valence-corrected chi connectivity index (χ1v) is 7.58. The molecule has 0 spiro atoms.